The van der Waals surface area contributed by atoms with E-state index in [1.54, 1.807) is 6.07 Å². The molecule has 0 fully saturated rings. The van der Waals surface area contributed by atoms with E-state index < -0.39 is 12.0 Å². The van der Waals surface area contributed by atoms with Crippen molar-refractivity contribution in [1.82, 2.24) is 5.06 Å². The fraction of sp³-hybridized carbons (Fsp3) is 0.364. The molecule has 17 heavy (non-hydrogen) atoms. The highest BCUT2D eigenvalue weighted by atomic mass is 16.7. The molecule has 0 aliphatic carbocycles. The van der Waals surface area contributed by atoms with E-state index in [-0.39, 0.29) is 18.9 Å². The standard InChI is InChI=1S/C11H13NO5/c1-7(13)5-12(15)11(14)8-2-3-9-10(4-8)17-6-16-9/h2-4,7,13,15H,5-6H2,1H3. The average molecular weight is 239 g/mol. The molecule has 6 nitrogen and oxygen atoms in total. The van der Waals surface area contributed by atoms with Gasteiger partial charge in [-0.25, -0.2) is 5.06 Å². The maximum Gasteiger partial charge on any atom is 0.277 e. The molecule has 2 N–H and O–H groups in total. The topological polar surface area (TPSA) is 79.2 Å². The number of fused-ring (bicyclic) bond motifs is 1. The number of rotatable bonds is 3. The quantitative estimate of drug-likeness (QED) is 0.597. The van der Waals surface area contributed by atoms with Crippen molar-refractivity contribution in [3.8, 4) is 11.5 Å². The zero-order valence-corrected chi connectivity index (χ0v) is 9.29. The van der Waals surface area contributed by atoms with Crippen LogP contribution in [0.1, 0.15) is 17.3 Å². The molecule has 0 saturated carbocycles. The van der Waals surface area contributed by atoms with E-state index in [1.165, 1.54) is 19.1 Å². The van der Waals surface area contributed by atoms with Gasteiger partial charge in [-0.15, -0.1) is 0 Å². The van der Waals surface area contributed by atoms with E-state index in [4.69, 9.17) is 14.6 Å². The Balaban J connectivity index is 2.14. The van der Waals surface area contributed by atoms with Crippen molar-refractivity contribution in [3.63, 3.8) is 0 Å². The summed E-state index contributed by atoms with van der Waals surface area (Å²) >= 11 is 0. The molecule has 6 heteroatoms. The fourth-order valence-electron chi connectivity index (χ4n) is 1.51. The summed E-state index contributed by atoms with van der Waals surface area (Å²) in [6, 6.07) is 4.63. The summed E-state index contributed by atoms with van der Waals surface area (Å²) in [6.07, 6.45) is -0.794. The Kier molecular flexibility index (Phi) is 3.16. The van der Waals surface area contributed by atoms with Gasteiger partial charge in [-0.3, -0.25) is 10.0 Å². The minimum Gasteiger partial charge on any atom is -0.454 e. The van der Waals surface area contributed by atoms with E-state index >= 15 is 0 Å². The lowest BCUT2D eigenvalue weighted by Crippen LogP contribution is -2.33. The molecule has 1 aliphatic rings. The zero-order valence-electron chi connectivity index (χ0n) is 9.29. The largest absolute Gasteiger partial charge is 0.454 e. The predicted octanol–water partition coefficient (Wildman–Crippen LogP) is 0.628. The zero-order chi connectivity index (χ0) is 12.4. The molecular formula is C11H13NO5. The number of hydroxylamine groups is 2. The van der Waals surface area contributed by atoms with Gasteiger partial charge in [0.15, 0.2) is 11.5 Å². The second-order valence-corrected chi connectivity index (χ2v) is 3.80. The number of aliphatic hydroxyl groups is 1. The monoisotopic (exact) mass is 239 g/mol. The van der Waals surface area contributed by atoms with Gasteiger partial charge >= 0.3 is 0 Å². The summed E-state index contributed by atoms with van der Waals surface area (Å²) < 4.78 is 10.2. The summed E-state index contributed by atoms with van der Waals surface area (Å²) in [4.78, 5) is 11.7. The average Bonchev–Trinajstić information content (AvgIpc) is 2.73. The second kappa shape index (κ2) is 4.60. The molecule has 2 rings (SSSR count). The van der Waals surface area contributed by atoms with Crippen LogP contribution in [0, 0.1) is 0 Å². The van der Waals surface area contributed by atoms with Gasteiger partial charge in [-0.1, -0.05) is 0 Å². The molecule has 1 unspecified atom stereocenters. The second-order valence-electron chi connectivity index (χ2n) is 3.80. The summed E-state index contributed by atoms with van der Waals surface area (Å²) in [6.45, 7) is 1.47. The van der Waals surface area contributed by atoms with Crippen LogP contribution < -0.4 is 9.47 Å². The Morgan fingerprint density at radius 3 is 2.88 bits per heavy atom. The highest BCUT2D eigenvalue weighted by Gasteiger charge is 2.20. The number of amides is 1. The van der Waals surface area contributed by atoms with Crippen molar-refractivity contribution < 1.29 is 24.6 Å². The maximum atomic E-state index is 11.7. The normalized spacial score (nSPS) is 14.5. The summed E-state index contributed by atoms with van der Waals surface area (Å²) in [5, 5.41) is 19.0. The van der Waals surface area contributed by atoms with Crippen LogP contribution in [0.15, 0.2) is 18.2 Å². The van der Waals surface area contributed by atoms with Crippen molar-refractivity contribution in [1.29, 1.82) is 0 Å². The number of nitrogens with zero attached hydrogens (tertiary/aromatic N) is 1. The lowest BCUT2D eigenvalue weighted by atomic mass is 10.2. The lowest BCUT2D eigenvalue weighted by Gasteiger charge is -2.16. The third kappa shape index (κ3) is 2.48. The smallest absolute Gasteiger partial charge is 0.277 e. The van der Waals surface area contributed by atoms with Crippen molar-refractivity contribution in [2.45, 2.75) is 13.0 Å². The number of ether oxygens (including phenoxy) is 2. The number of benzene rings is 1. The lowest BCUT2D eigenvalue weighted by molar-refractivity contribution is -0.0769. The van der Waals surface area contributed by atoms with Crippen molar-refractivity contribution in [2.24, 2.45) is 0 Å². The molecule has 0 radical (unpaired) electrons. The van der Waals surface area contributed by atoms with Gasteiger partial charge in [0.1, 0.15) is 0 Å². The molecule has 0 aromatic heterocycles. The fourth-order valence-corrected chi connectivity index (χ4v) is 1.51. The van der Waals surface area contributed by atoms with Crippen LogP contribution in [-0.2, 0) is 0 Å². The van der Waals surface area contributed by atoms with Crippen molar-refractivity contribution in [2.75, 3.05) is 13.3 Å². The molecular weight excluding hydrogens is 226 g/mol. The first kappa shape index (κ1) is 11.7. The van der Waals surface area contributed by atoms with Crippen LogP contribution in [0.3, 0.4) is 0 Å². The van der Waals surface area contributed by atoms with Crippen LogP contribution in [0.5, 0.6) is 11.5 Å². The maximum absolute atomic E-state index is 11.7. The minimum atomic E-state index is -0.794. The Morgan fingerprint density at radius 1 is 1.47 bits per heavy atom. The van der Waals surface area contributed by atoms with Gasteiger partial charge in [-0.05, 0) is 25.1 Å². The highest BCUT2D eigenvalue weighted by molar-refractivity contribution is 5.94. The van der Waals surface area contributed by atoms with Crippen LogP contribution in [0.2, 0.25) is 0 Å². The molecule has 0 saturated heterocycles. The number of hydrogen-bond donors (Lipinski definition) is 2. The van der Waals surface area contributed by atoms with Crippen LogP contribution in [-0.4, -0.2) is 40.7 Å². The number of aliphatic hydroxyl groups excluding tert-OH is 1. The molecule has 1 aliphatic heterocycles. The van der Waals surface area contributed by atoms with Gasteiger partial charge in [0.25, 0.3) is 5.91 Å². The van der Waals surface area contributed by atoms with Gasteiger partial charge in [0.2, 0.25) is 6.79 Å². The highest BCUT2D eigenvalue weighted by Crippen LogP contribution is 2.32. The van der Waals surface area contributed by atoms with Gasteiger partial charge in [0.05, 0.1) is 12.6 Å². The summed E-state index contributed by atoms with van der Waals surface area (Å²) in [7, 11) is 0. The number of hydrogen-bond acceptors (Lipinski definition) is 5. The Labute approximate surface area is 97.9 Å². The van der Waals surface area contributed by atoms with Crippen molar-refractivity contribution in [3.05, 3.63) is 23.8 Å². The Bertz CT molecular complexity index is 432. The van der Waals surface area contributed by atoms with Crippen molar-refractivity contribution >= 4 is 5.91 Å². The van der Waals surface area contributed by atoms with E-state index in [0.717, 1.165) is 0 Å². The molecule has 1 atom stereocenters. The number of carbonyl (C=O) groups is 1. The van der Waals surface area contributed by atoms with E-state index in [9.17, 15) is 10.0 Å². The van der Waals surface area contributed by atoms with Crippen LogP contribution in [0.25, 0.3) is 0 Å². The SMILES string of the molecule is CC(O)CN(O)C(=O)c1ccc2c(c1)OCO2. The predicted molar refractivity (Wildman–Crippen MR) is 57.1 cm³/mol. The summed E-state index contributed by atoms with van der Waals surface area (Å²) in [5.41, 5.74) is 0.275. The molecule has 1 amide bonds. The van der Waals surface area contributed by atoms with E-state index in [0.29, 0.717) is 16.6 Å². The number of carbonyl (C=O) groups excluding carboxylic acids is 1. The van der Waals surface area contributed by atoms with E-state index in [2.05, 4.69) is 0 Å². The summed E-state index contributed by atoms with van der Waals surface area (Å²) in [5.74, 6) is 0.451. The van der Waals surface area contributed by atoms with Gasteiger partial charge in [-0.2, -0.15) is 0 Å². The minimum absolute atomic E-state index is 0.128. The van der Waals surface area contributed by atoms with Crippen LogP contribution >= 0.6 is 0 Å². The Morgan fingerprint density at radius 2 is 2.18 bits per heavy atom. The van der Waals surface area contributed by atoms with E-state index in [1.807, 2.05) is 0 Å². The molecule has 0 spiro atoms. The molecule has 1 aromatic carbocycles. The third-order valence-corrected chi connectivity index (χ3v) is 2.29. The first-order chi connectivity index (χ1) is 8.08. The van der Waals surface area contributed by atoms with Crippen LogP contribution in [0.4, 0.5) is 0 Å². The molecule has 92 valence electrons. The first-order valence-corrected chi connectivity index (χ1v) is 5.16. The molecule has 1 aromatic rings. The Hall–Kier alpha value is -1.79. The van der Waals surface area contributed by atoms with Gasteiger partial charge < -0.3 is 14.6 Å². The van der Waals surface area contributed by atoms with Gasteiger partial charge in [0, 0.05) is 5.56 Å². The molecule has 0 bridgehead atoms. The third-order valence-electron chi connectivity index (χ3n) is 2.29. The first-order valence-electron chi connectivity index (χ1n) is 5.16. The molecule has 1 heterocycles.